The highest BCUT2D eigenvalue weighted by Gasteiger charge is 2.38. The van der Waals surface area contributed by atoms with Crippen LogP contribution in [0.4, 0.5) is 13.2 Å². The standard InChI is InChI=1S/C11H16F3N3S/c12-11(13,14)7-17(9-1-2-9)5-8-6-18-10(16-8)3-4-15/h6,9H,1-5,7,15H2. The molecule has 102 valence electrons. The Morgan fingerprint density at radius 1 is 1.44 bits per heavy atom. The molecule has 7 heteroatoms. The summed E-state index contributed by atoms with van der Waals surface area (Å²) in [6.45, 7) is -0.0471. The van der Waals surface area contributed by atoms with Crippen LogP contribution in [0, 0.1) is 0 Å². The monoisotopic (exact) mass is 279 g/mol. The third-order valence-electron chi connectivity index (χ3n) is 2.77. The first-order chi connectivity index (χ1) is 8.48. The smallest absolute Gasteiger partial charge is 0.330 e. The second-order valence-corrected chi connectivity index (χ2v) is 5.47. The number of hydrogen-bond acceptors (Lipinski definition) is 4. The molecule has 0 unspecified atom stereocenters. The van der Waals surface area contributed by atoms with Crippen LogP contribution in [0.5, 0.6) is 0 Å². The van der Waals surface area contributed by atoms with E-state index >= 15 is 0 Å². The summed E-state index contributed by atoms with van der Waals surface area (Å²) in [7, 11) is 0. The SMILES string of the molecule is NCCc1nc(CN(CC(F)(F)F)C2CC2)cs1. The van der Waals surface area contributed by atoms with E-state index in [0.717, 1.165) is 23.5 Å². The van der Waals surface area contributed by atoms with Gasteiger partial charge in [-0.25, -0.2) is 4.98 Å². The van der Waals surface area contributed by atoms with Crippen LogP contribution in [0.2, 0.25) is 0 Å². The van der Waals surface area contributed by atoms with Crippen molar-refractivity contribution in [2.75, 3.05) is 13.1 Å². The van der Waals surface area contributed by atoms with E-state index in [0.29, 0.717) is 13.0 Å². The van der Waals surface area contributed by atoms with Gasteiger partial charge < -0.3 is 5.73 Å². The van der Waals surface area contributed by atoms with Gasteiger partial charge in [-0.1, -0.05) is 0 Å². The number of hydrogen-bond donors (Lipinski definition) is 1. The third kappa shape index (κ3) is 4.22. The predicted octanol–water partition coefficient (Wildman–Crippen LogP) is 2.17. The van der Waals surface area contributed by atoms with Crippen molar-refractivity contribution in [3.8, 4) is 0 Å². The zero-order valence-electron chi connectivity index (χ0n) is 9.91. The molecule has 1 aliphatic carbocycles. The fourth-order valence-electron chi connectivity index (χ4n) is 1.85. The molecule has 2 rings (SSSR count). The molecule has 1 aliphatic rings. The Morgan fingerprint density at radius 3 is 2.72 bits per heavy atom. The van der Waals surface area contributed by atoms with Crippen molar-refractivity contribution in [1.29, 1.82) is 0 Å². The van der Waals surface area contributed by atoms with Crippen LogP contribution >= 0.6 is 11.3 Å². The molecule has 0 bridgehead atoms. The van der Waals surface area contributed by atoms with Gasteiger partial charge in [-0.3, -0.25) is 4.90 Å². The average Bonchev–Trinajstić information content (AvgIpc) is 3.00. The maximum Gasteiger partial charge on any atom is 0.401 e. The average molecular weight is 279 g/mol. The summed E-state index contributed by atoms with van der Waals surface area (Å²) < 4.78 is 37.3. The van der Waals surface area contributed by atoms with Crippen LogP contribution in [0.1, 0.15) is 23.5 Å². The van der Waals surface area contributed by atoms with E-state index in [1.165, 1.54) is 16.2 Å². The van der Waals surface area contributed by atoms with Crippen molar-refractivity contribution in [2.45, 2.75) is 38.0 Å². The van der Waals surface area contributed by atoms with Crippen LogP contribution in [0.25, 0.3) is 0 Å². The lowest BCUT2D eigenvalue weighted by atomic mass is 10.3. The quantitative estimate of drug-likeness (QED) is 0.868. The van der Waals surface area contributed by atoms with Gasteiger partial charge >= 0.3 is 6.18 Å². The third-order valence-corrected chi connectivity index (χ3v) is 3.73. The van der Waals surface area contributed by atoms with Crippen molar-refractivity contribution in [1.82, 2.24) is 9.88 Å². The number of thiazole rings is 1. The predicted molar refractivity (Wildman–Crippen MR) is 64.4 cm³/mol. The van der Waals surface area contributed by atoms with E-state index < -0.39 is 12.7 Å². The number of rotatable bonds is 6. The second-order valence-electron chi connectivity index (χ2n) is 4.52. The van der Waals surface area contributed by atoms with Gasteiger partial charge in [0.05, 0.1) is 17.2 Å². The summed E-state index contributed by atoms with van der Waals surface area (Å²) in [5.74, 6) is 0. The van der Waals surface area contributed by atoms with Crippen LogP contribution in [-0.2, 0) is 13.0 Å². The summed E-state index contributed by atoms with van der Waals surface area (Å²) in [6.07, 6.45) is -1.74. The van der Waals surface area contributed by atoms with Crippen molar-refractivity contribution in [3.63, 3.8) is 0 Å². The number of nitrogens with zero attached hydrogens (tertiary/aromatic N) is 2. The van der Waals surface area contributed by atoms with E-state index in [9.17, 15) is 13.2 Å². The molecule has 1 aromatic rings. The van der Waals surface area contributed by atoms with Crippen molar-refractivity contribution in [2.24, 2.45) is 5.73 Å². The van der Waals surface area contributed by atoms with Gasteiger partial charge in [0, 0.05) is 24.4 Å². The van der Waals surface area contributed by atoms with E-state index in [4.69, 9.17) is 5.73 Å². The highest BCUT2D eigenvalue weighted by Crippen LogP contribution is 2.31. The molecule has 0 amide bonds. The topological polar surface area (TPSA) is 42.1 Å². The maximum atomic E-state index is 12.4. The Labute approximate surface area is 108 Å². The van der Waals surface area contributed by atoms with E-state index in [1.807, 2.05) is 5.38 Å². The summed E-state index contributed by atoms with van der Waals surface area (Å²) in [6, 6.07) is 0.0753. The first-order valence-corrected chi connectivity index (χ1v) is 6.80. The number of aromatic nitrogens is 1. The highest BCUT2D eigenvalue weighted by atomic mass is 32.1. The number of alkyl halides is 3. The molecule has 1 aromatic heterocycles. The van der Waals surface area contributed by atoms with Crippen LogP contribution < -0.4 is 5.73 Å². The molecule has 1 fully saturated rings. The molecule has 0 aromatic carbocycles. The van der Waals surface area contributed by atoms with Gasteiger partial charge in [0.2, 0.25) is 0 Å². The summed E-state index contributed by atoms with van der Waals surface area (Å²) in [5.41, 5.74) is 6.14. The van der Waals surface area contributed by atoms with Crippen LogP contribution in [0.15, 0.2) is 5.38 Å². The summed E-state index contributed by atoms with van der Waals surface area (Å²) >= 11 is 1.47. The molecule has 0 radical (unpaired) electrons. The van der Waals surface area contributed by atoms with Gasteiger partial charge in [-0.05, 0) is 19.4 Å². The van der Waals surface area contributed by atoms with Crippen molar-refractivity contribution < 1.29 is 13.2 Å². The van der Waals surface area contributed by atoms with Gasteiger partial charge in [0.15, 0.2) is 0 Å². The van der Waals surface area contributed by atoms with E-state index in [-0.39, 0.29) is 12.6 Å². The molecule has 1 heterocycles. The number of nitrogens with two attached hydrogens (primary N) is 1. The van der Waals surface area contributed by atoms with E-state index in [1.54, 1.807) is 0 Å². The molecule has 0 aliphatic heterocycles. The van der Waals surface area contributed by atoms with Crippen molar-refractivity contribution in [3.05, 3.63) is 16.1 Å². The lowest BCUT2D eigenvalue weighted by molar-refractivity contribution is -0.148. The fraction of sp³-hybridized carbons (Fsp3) is 0.727. The van der Waals surface area contributed by atoms with Gasteiger partial charge in [-0.2, -0.15) is 13.2 Å². The summed E-state index contributed by atoms with van der Waals surface area (Å²) in [5, 5.41) is 2.73. The Morgan fingerprint density at radius 2 is 2.17 bits per heavy atom. The lowest BCUT2D eigenvalue weighted by Gasteiger charge is -2.22. The zero-order chi connectivity index (χ0) is 13.2. The molecule has 0 spiro atoms. The first-order valence-electron chi connectivity index (χ1n) is 5.92. The lowest BCUT2D eigenvalue weighted by Crippen LogP contribution is -2.35. The normalized spacial score (nSPS) is 16.5. The molecule has 18 heavy (non-hydrogen) atoms. The van der Waals surface area contributed by atoms with Crippen molar-refractivity contribution >= 4 is 11.3 Å². The molecular formula is C11H16F3N3S. The molecule has 3 nitrogen and oxygen atoms in total. The van der Waals surface area contributed by atoms with Crippen LogP contribution in [0.3, 0.4) is 0 Å². The minimum absolute atomic E-state index is 0.0753. The molecule has 0 saturated heterocycles. The maximum absolute atomic E-state index is 12.4. The largest absolute Gasteiger partial charge is 0.401 e. The number of halogens is 3. The minimum atomic E-state index is -4.14. The zero-order valence-corrected chi connectivity index (χ0v) is 10.7. The first kappa shape index (κ1) is 13.8. The molecular weight excluding hydrogens is 263 g/mol. The Kier molecular flexibility index (Phi) is 4.24. The fourth-order valence-corrected chi connectivity index (χ4v) is 2.66. The Hall–Kier alpha value is -0.660. The minimum Gasteiger partial charge on any atom is -0.330 e. The van der Waals surface area contributed by atoms with E-state index in [2.05, 4.69) is 4.98 Å². The Balaban J connectivity index is 1.95. The van der Waals surface area contributed by atoms with Gasteiger partial charge in [-0.15, -0.1) is 11.3 Å². The highest BCUT2D eigenvalue weighted by molar-refractivity contribution is 7.09. The van der Waals surface area contributed by atoms with Gasteiger partial charge in [0.25, 0.3) is 0 Å². The molecule has 2 N–H and O–H groups in total. The second kappa shape index (κ2) is 5.54. The van der Waals surface area contributed by atoms with Crippen LogP contribution in [-0.4, -0.2) is 35.2 Å². The van der Waals surface area contributed by atoms with Gasteiger partial charge in [0.1, 0.15) is 0 Å². The molecule has 0 atom stereocenters. The summed E-state index contributed by atoms with van der Waals surface area (Å²) in [4.78, 5) is 5.78. The molecule has 1 saturated carbocycles. The Bertz CT molecular complexity index is 387.